The minimum absolute atomic E-state index is 0.0501. The monoisotopic (exact) mass is 357 g/mol. The SMILES string of the molecule is CC(Cc1ccccc1F)NS(=O)(=O)c1ccc(CC(=O)O)s1. The predicted octanol–water partition coefficient (Wildman–Crippen LogP) is 2.42. The van der Waals surface area contributed by atoms with Crippen molar-refractivity contribution in [1.82, 2.24) is 4.72 Å². The van der Waals surface area contributed by atoms with Crippen LogP contribution in [0.25, 0.3) is 0 Å². The molecule has 0 saturated carbocycles. The van der Waals surface area contributed by atoms with E-state index >= 15 is 0 Å². The first-order valence-corrected chi connectivity index (χ1v) is 9.14. The van der Waals surface area contributed by atoms with Gasteiger partial charge in [-0.3, -0.25) is 4.79 Å². The lowest BCUT2D eigenvalue weighted by atomic mass is 10.1. The van der Waals surface area contributed by atoms with E-state index < -0.39 is 22.0 Å². The Morgan fingerprint density at radius 2 is 2.00 bits per heavy atom. The molecule has 0 aliphatic rings. The first-order chi connectivity index (χ1) is 10.8. The Bertz CT molecular complexity index is 801. The number of carboxylic acids is 1. The van der Waals surface area contributed by atoms with Gasteiger partial charge in [0.1, 0.15) is 10.0 Å². The van der Waals surface area contributed by atoms with Gasteiger partial charge in [0.15, 0.2) is 0 Å². The lowest BCUT2D eigenvalue weighted by Crippen LogP contribution is -2.33. The molecular formula is C15H16FNO4S2. The molecule has 0 aliphatic carbocycles. The average molecular weight is 357 g/mol. The second-order valence-corrected chi connectivity index (χ2v) is 8.22. The van der Waals surface area contributed by atoms with Gasteiger partial charge in [0.05, 0.1) is 6.42 Å². The summed E-state index contributed by atoms with van der Waals surface area (Å²) in [7, 11) is -3.75. The van der Waals surface area contributed by atoms with Crippen molar-refractivity contribution in [2.75, 3.05) is 0 Å². The topological polar surface area (TPSA) is 83.5 Å². The number of hydrogen-bond donors (Lipinski definition) is 2. The van der Waals surface area contributed by atoms with Crippen molar-refractivity contribution in [3.05, 3.63) is 52.7 Å². The van der Waals surface area contributed by atoms with Crippen LogP contribution in [0.5, 0.6) is 0 Å². The fourth-order valence-corrected chi connectivity index (χ4v) is 4.71. The Kier molecular flexibility index (Phi) is 5.51. The van der Waals surface area contributed by atoms with Crippen LogP contribution in [-0.2, 0) is 27.7 Å². The van der Waals surface area contributed by atoms with E-state index in [4.69, 9.17) is 5.11 Å². The lowest BCUT2D eigenvalue weighted by molar-refractivity contribution is -0.136. The molecule has 0 bridgehead atoms. The minimum Gasteiger partial charge on any atom is -0.481 e. The van der Waals surface area contributed by atoms with Crippen molar-refractivity contribution in [2.45, 2.75) is 30.0 Å². The van der Waals surface area contributed by atoms with E-state index in [2.05, 4.69) is 4.72 Å². The fourth-order valence-electron chi connectivity index (χ4n) is 2.11. The summed E-state index contributed by atoms with van der Waals surface area (Å²) >= 11 is 0.914. The number of hydrogen-bond acceptors (Lipinski definition) is 4. The molecule has 1 aromatic heterocycles. The Labute approximate surface area is 137 Å². The molecule has 1 heterocycles. The van der Waals surface area contributed by atoms with Gasteiger partial charge in [-0.1, -0.05) is 18.2 Å². The van der Waals surface area contributed by atoms with E-state index in [1.807, 2.05) is 0 Å². The standard InChI is InChI=1S/C15H16FNO4S2/c1-10(8-11-4-2-3-5-13(11)16)17-23(20,21)15-7-6-12(22-15)9-14(18)19/h2-7,10,17H,8-9H2,1H3,(H,18,19). The number of carbonyl (C=O) groups is 1. The summed E-state index contributed by atoms with van der Waals surface area (Å²) in [6, 6.07) is 8.56. The van der Waals surface area contributed by atoms with Gasteiger partial charge >= 0.3 is 5.97 Å². The lowest BCUT2D eigenvalue weighted by Gasteiger charge is -2.13. The highest BCUT2D eigenvalue weighted by Crippen LogP contribution is 2.22. The van der Waals surface area contributed by atoms with Crippen LogP contribution in [0.2, 0.25) is 0 Å². The van der Waals surface area contributed by atoms with E-state index in [0.29, 0.717) is 10.4 Å². The predicted molar refractivity (Wildman–Crippen MR) is 85.5 cm³/mol. The third-order valence-corrected chi connectivity index (χ3v) is 6.23. The van der Waals surface area contributed by atoms with Crippen molar-refractivity contribution >= 4 is 27.3 Å². The van der Waals surface area contributed by atoms with Crippen molar-refractivity contribution < 1.29 is 22.7 Å². The largest absolute Gasteiger partial charge is 0.481 e. The van der Waals surface area contributed by atoms with Crippen molar-refractivity contribution in [2.24, 2.45) is 0 Å². The van der Waals surface area contributed by atoms with E-state index in [0.717, 1.165) is 11.3 Å². The van der Waals surface area contributed by atoms with E-state index in [1.54, 1.807) is 25.1 Å². The van der Waals surface area contributed by atoms with Gasteiger partial charge < -0.3 is 5.11 Å². The maximum atomic E-state index is 13.6. The molecule has 8 heteroatoms. The van der Waals surface area contributed by atoms with Gasteiger partial charge in [-0.25, -0.2) is 17.5 Å². The molecule has 0 saturated heterocycles. The number of thiophene rings is 1. The van der Waals surface area contributed by atoms with Gasteiger partial charge in [0.25, 0.3) is 0 Å². The highest BCUT2D eigenvalue weighted by molar-refractivity contribution is 7.91. The number of aliphatic carboxylic acids is 1. The molecule has 5 nitrogen and oxygen atoms in total. The van der Waals surface area contributed by atoms with Crippen LogP contribution in [0.1, 0.15) is 17.4 Å². The summed E-state index contributed by atoms with van der Waals surface area (Å²) in [6.07, 6.45) is 0.00419. The molecule has 1 unspecified atom stereocenters. The summed E-state index contributed by atoms with van der Waals surface area (Å²) in [5.74, 6) is -1.39. The molecule has 2 aromatic rings. The highest BCUT2D eigenvalue weighted by atomic mass is 32.2. The smallest absolute Gasteiger partial charge is 0.308 e. The summed E-state index contributed by atoms with van der Waals surface area (Å²) in [5.41, 5.74) is 0.431. The molecule has 0 radical (unpaired) electrons. The summed E-state index contributed by atoms with van der Waals surface area (Å²) < 4.78 is 40.7. The van der Waals surface area contributed by atoms with E-state index in [9.17, 15) is 17.6 Å². The highest BCUT2D eigenvalue weighted by Gasteiger charge is 2.21. The average Bonchev–Trinajstić information content (AvgIpc) is 2.89. The molecule has 0 aliphatic heterocycles. The quantitative estimate of drug-likeness (QED) is 0.797. The molecule has 0 spiro atoms. The van der Waals surface area contributed by atoms with Gasteiger partial charge in [0, 0.05) is 10.9 Å². The van der Waals surface area contributed by atoms with Gasteiger partial charge in [0.2, 0.25) is 10.0 Å². The van der Waals surface area contributed by atoms with Crippen molar-refractivity contribution in [3.8, 4) is 0 Å². The third kappa shape index (κ3) is 4.85. The zero-order chi connectivity index (χ0) is 17.0. The Hall–Kier alpha value is -1.77. The fraction of sp³-hybridized carbons (Fsp3) is 0.267. The number of sulfonamides is 1. The summed E-state index contributed by atoms with van der Waals surface area (Å²) in [6.45, 7) is 1.65. The molecule has 124 valence electrons. The maximum Gasteiger partial charge on any atom is 0.308 e. The molecular weight excluding hydrogens is 341 g/mol. The zero-order valence-corrected chi connectivity index (χ0v) is 14.0. The Morgan fingerprint density at radius 3 is 2.65 bits per heavy atom. The number of carboxylic acid groups (broad SMARTS) is 1. The molecule has 0 fully saturated rings. The van der Waals surface area contributed by atoms with Gasteiger partial charge in [-0.15, -0.1) is 11.3 Å². The number of rotatable bonds is 7. The molecule has 1 atom stereocenters. The first kappa shape index (κ1) is 17.6. The van der Waals surface area contributed by atoms with Gasteiger partial charge in [-0.2, -0.15) is 0 Å². The van der Waals surface area contributed by atoms with Crippen molar-refractivity contribution in [1.29, 1.82) is 0 Å². The van der Waals surface area contributed by atoms with Crippen LogP contribution in [0.15, 0.2) is 40.6 Å². The van der Waals surface area contributed by atoms with E-state index in [1.165, 1.54) is 18.2 Å². The maximum absolute atomic E-state index is 13.6. The summed E-state index contributed by atoms with van der Waals surface area (Å²) in [4.78, 5) is 11.1. The molecule has 23 heavy (non-hydrogen) atoms. The van der Waals surface area contributed by atoms with Crippen LogP contribution in [0.4, 0.5) is 4.39 Å². The van der Waals surface area contributed by atoms with Crippen LogP contribution in [0, 0.1) is 5.82 Å². The number of nitrogens with one attached hydrogen (secondary N) is 1. The van der Waals surface area contributed by atoms with Crippen LogP contribution < -0.4 is 4.72 Å². The zero-order valence-electron chi connectivity index (χ0n) is 12.3. The molecule has 2 N–H and O–H groups in total. The van der Waals surface area contributed by atoms with Crippen LogP contribution >= 0.6 is 11.3 Å². The molecule has 1 aromatic carbocycles. The molecule has 2 rings (SSSR count). The Morgan fingerprint density at radius 1 is 1.30 bits per heavy atom. The third-order valence-electron chi connectivity index (χ3n) is 3.07. The first-order valence-electron chi connectivity index (χ1n) is 6.84. The second kappa shape index (κ2) is 7.20. The minimum atomic E-state index is -3.75. The Balaban J connectivity index is 2.07. The van der Waals surface area contributed by atoms with Crippen LogP contribution in [-0.4, -0.2) is 25.5 Å². The second-order valence-electron chi connectivity index (χ2n) is 5.11. The number of benzene rings is 1. The van der Waals surface area contributed by atoms with Crippen molar-refractivity contribution in [3.63, 3.8) is 0 Å². The van der Waals surface area contributed by atoms with Crippen LogP contribution in [0.3, 0.4) is 0 Å². The normalized spacial score (nSPS) is 13.0. The van der Waals surface area contributed by atoms with E-state index in [-0.39, 0.29) is 22.9 Å². The molecule has 0 amide bonds. The number of halogens is 1. The summed E-state index contributed by atoms with van der Waals surface area (Å²) in [5, 5.41) is 8.72. The van der Waals surface area contributed by atoms with Gasteiger partial charge in [-0.05, 0) is 37.1 Å².